The average Bonchev–Trinajstić information content (AvgIpc) is 2.99. The zero-order valence-electron chi connectivity index (χ0n) is 13.3. The normalized spacial score (nSPS) is 29.0. The van der Waals surface area contributed by atoms with E-state index in [4.69, 9.17) is 0 Å². The predicted octanol–water partition coefficient (Wildman–Crippen LogP) is 2.18. The molecular formula is C17H27N3O. The van der Waals surface area contributed by atoms with Crippen LogP contribution in [0.4, 0.5) is 5.82 Å². The fourth-order valence-electron chi connectivity index (χ4n) is 3.62. The summed E-state index contributed by atoms with van der Waals surface area (Å²) in [5, 5.41) is 13.6. The van der Waals surface area contributed by atoms with Gasteiger partial charge in [0.1, 0.15) is 5.82 Å². The Morgan fingerprint density at radius 3 is 2.86 bits per heavy atom. The van der Waals surface area contributed by atoms with Gasteiger partial charge in [-0.1, -0.05) is 6.07 Å². The van der Waals surface area contributed by atoms with E-state index >= 15 is 0 Å². The zero-order valence-corrected chi connectivity index (χ0v) is 13.3. The van der Waals surface area contributed by atoms with Crippen LogP contribution in [-0.4, -0.2) is 34.8 Å². The molecule has 4 heteroatoms. The van der Waals surface area contributed by atoms with Crippen molar-refractivity contribution in [3.05, 3.63) is 23.9 Å². The molecule has 116 valence electrons. The molecule has 0 spiro atoms. The highest BCUT2D eigenvalue weighted by molar-refractivity contribution is 5.48. The van der Waals surface area contributed by atoms with Gasteiger partial charge in [0.2, 0.25) is 0 Å². The van der Waals surface area contributed by atoms with Crippen LogP contribution in [0.5, 0.6) is 0 Å². The van der Waals surface area contributed by atoms with E-state index in [0.717, 1.165) is 38.3 Å². The van der Waals surface area contributed by atoms with Crippen molar-refractivity contribution in [1.82, 2.24) is 10.3 Å². The molecule has 1 aliphatic carbocycles. The predicted molar refractivity (Wildman–Crippen MR) is 85.3 cm³/mol. The summed E-state index contributed by atoms with van der Waals surface area (Å²) in [6, 6.07) is 4.17. The van der Waals surface area contributed by atoms with Gasteiger partial charge in [0.15, 0.2) is 0 Å². The molecule has 0 aromatic carbocycles. The van der Waals surface area contributed by atoms with E-state index < -0.39 is 0 Å². The lowest BCUT2D eigenvalue weighted by Gasteiger charge is -2.25. The number of hydrogen-bond acceptors (Lipinski definition) is 4. The van der Waals surface area contributed by atoms with E-state index in [-0.39, 0.29) is 11.6 Å². The Balaban J connectivity index is 1.74. The molecule has 2 N–H and O–H groups in total. The molecule has 0 bridgehead atoms. The Morgan fingerprint density at radius 1 is 1.33 bits per heavy atom. The first kappa shape index (κ1) is 14.8. The fourth-order valence-corrected chi connectivity index (χ4v) is 3.62. The van der Waals surface area contributed by atoms with Crippen molar-refractivity contribution in [2.75, 3.05) is 18.0 Å². The second kappa shape index (κ2) is 5.58. The summed E-state index contributed by atoms with van der Waals surface area (Å²) in [5.41, 5.74) is 1.35. The summed E-state index contributed by atoms with van der Waals surface area (Å²) in [4.78, 5) is 6.99. The number of rotatable bonds is 3. The number of anilines is 1. The Kier molecular flexibility index (Phi) is 3.93. The topological polar surface area (TPSA) is 48.4 Å². The van der Waals surface area contributed by atoms with E-state index in [1.54, 1.807) is 0 Å². The number of nitrogens with zero attached hydrogens (tertiary/aromatic N) is 2. The van der Waals surface area contributed by atoms with E-state index in [1.165, 1.54) is 5.56 Å². The summed E-state index contributed by atoms with van der Waals surface area (Å²) in [6.07, 6.45) is 3.90. The smallest absolute Gasteiger partial charge is 0.133 e. The van der Waals surface area contributed by atoms with Gasteiger partial charge in [-0.3, -0.25) is 0 Å². The minimum atomic E-state index is -0.111. The largest absolute Gasteiger partial charge is 0.393 e. The third kappa shape index (κ3) is 3.22. The molecular weight excluding hydrogens is 262 g/mol. The van der Waals surface area contributed by atoms with Crippen molar-refractivity contribution < 1.29 is 5.11 Å². The highest BCUT2D eigenvalue weighted by atomic mass is 16.3. The fraction of sp³-hybridized carbons (Fsp3) is 0.706. The first-order valence-corrected chi connectivity index (χ1v) is 8.06. The standard InChI is InChI=1S/C17H27N3O/c1-17(2,3)19-9-12-5-4-8-18-16(12)20-10-13-6-7-15(21)14(13)11-20/h4-5,8,13-15,19,21H,6-7,9-11H2,1-3H3. The van der Waals surface area contributed by atoms with Crippen LogP contribution in [-0.2, 0) is 6.54 Å². The molecule has 21 heavy (non-hydrogen) atoms. The van der Waals surface area contributed by atoms with Gasteiger partial charge in [0, 0.05) is 42.9 Å². The van der Waals surface area contributed by atoms with Gasteiger partial charge in [-0.25, -0.2) is 4.98 Å². The first-order chi connectivity index (χ1) is 9.94. The third-order valence-corrected chi connectivity index (χ3v) is 4.80. The lowest BCUT2D eigenvalue weighted by molar-refractivity contribution is 0.133. The molecule has 1 aliphatic heterocycles. The SMILES string of the molecule is CC(C)(C)NCc1cccnc1N1CC2CCC(O)C2C1. The van der Waals surface area contributed by atoms with Crippen molar-refractivity contribution in [1.29, 1.82) is 0 Å². The lowest BCUT2D eigenvalue weighted by atomic mass is 10.00. The van der Waals surface area contributed by atoms with Crippen molar-refractivity contribution in [2.24, 2.45) is 11.8 Å². The van der Waals surface area contributed by atoms with Crippen molar-refractivity contribution in [2.45, 2.75) is 51.8 Å². The minimum absolute atomic E-state index is 0.102. The highest BCUT2D eigenvalue weighted by Crippen LogP contribution is 2.40. The number of pyridine rings is 1. The van der Waals surface area contributed by atoms with Crippen molar-refractivity contribution in [3.63, 3.8) is 0 Å². The van der Waals surface area contributed by atoms with Gasteiger partial charge in [0.05, 0.1) is 6.10 Å². The van der Waals surface area contributed by atoms with Crippen molar-refractivity contribution >= 4 is 5.82 Å². The second-order valence-corrected chi connectivity index (χ2v) is 7.56. The lowest BCUT2D eigenvalue weighted by Crippen LogP contribution is -2.36. The first-order valence-electron chi connectivity index (χ1n) is 8.06. The molecule has 1 saturated heterocycles. The monoisotopic (exact) mass is 289 g/mol. The number of fused-ring (bicyclic) bond motifs is 1. The number of hydrogen-bond donors (Lipinski definition) is 2. The van der Waals surface area contributed by atoms with Crippen LogP contribution in [0, 0.1) is 11.8 Å². The quantitative estimate of drug-likeness (QED) is 0.895. The summed E-state index contributed by atoms with van der Waals surface area (Å²) in [6.45, 7) is 9.37. The molecule has 0 amide bonds. The van der Waals surface area contributed by atoms with Gasteiger partial charge < -0.3 is 15.3 Å². The minimum Gasteiger partial charge on any atom is -0.393 e. The molecule has 1 saturated carbocycles. The van der Waals surface area contributed by atoms with Crippen LogP contribution < -0.4 is 10.2 Å². The van der Waals surface area contributed by atoms with E-state index in [1.807, 2.05) is 12.3 Å². The number of aliphatic hydroxyl groups excluding tert-OH is 1. The molecule has 1 aromatic heterocycles. The molecule has 3 rings (SSSR count). The Hall–Kier alpha value is -1.13. The summed E-state index contributed by atoms with van der Waals surface area (Å²) in [5.74, 6) is 2.18. The van der Waals surface area contributed by atoms with Crippen LogP contribution >= 0.6 is 0 Å². The Labute approximate surface area is 127 Å². The number of aromatic nitrogens is 1. The Morgan fingerprint density at radius 2 is 2.14 bits per heavy atom. The highest BCUT2D eigenvalue weighted by Gasteiger charge is 2.42. The molecule has 2 aliphatic rings. The van der Waals surface area contributed by atoms with Crippen LogP contribution in [0.15, 0.2) is 18.3 Å². The van der Waals surface area contributed by atoms with Gasteiger partial charge >= 0.3 is 0 Å². The number of aliphatic hydroxyl groups is 1. The van der Waals surface area contributed by atoms with Crippen LogP contribution in [0.25, 0.3) is 0 Å². The van der Waals surface area contributed by atoms with E-state index in [2.05, 4.69) is 42.0 Å². The van der Waals surface area contributed by atoms with Crippen molar-refractivity contribution in [3.8, 4) is 0 Å². The average molecular weight is 289 g/mol. The molecule has 4 nitrogen and oxygen atoms in total. The van der Waals surface area contributed by atoms with Gasteiger partial charge in [0.25, 0.3) is 0 Å². The molecule has 2 fully saturated rings. The van der Waals surface area contributed by atoms with Crippen LogP contribution in [0.3, 0.4) is 0 Å². The third-order valence-electron chi connectivity index (χ3n) is 4.80. The molecule has 3 atom stereocenters. The maximum absolute atomic E-state index is 10.1. The second-order valence-electron chi connectivity index (χ2n) is 7.56. The van der Waals surface area contributed by atoms with Crippen LogP contribution in [0.2, 0.25) is 0 Å². The maximum Gasteiger partial charge on any atom is 0.133 e. The van der Waals surface area contributed by atoms with Gasteiger partial charge in [-0.05, 0) is 45.6 Å². The van der Waals surface area contributed by atoms with Gasteiger partial charge in [-0.2, -0.15) is 0 Å². The zero-order chi connectivity index (χ0) is 15.0. The van der Waals surface area contributed by atoms with Crippen LogP contribution in [0.1, 0.15) is 39.2 Å². The summed E-state index contributed by atoms with van der Waals surface area (Å²) < 4.78 is 0. The molecule has 3 unspecified atom stereocenters. The molecule has 0 radical (unpaired) electrons. The summed E-state index contributed by atoms with van der Waals surface area (Å²) >= 11 is 0. The maximum atomic E-state index is 10.1. The summed E-state index contributed by atoms with van der Waals surface area (Å²) in [7, 11) is 0. The molecule has 2 heterocycles. The van der Waals surface area contributed by atoms with E-state index in [0.29, 0.717) is 11.8 Å². The van der Waals surface area contributed by atoms with Gasteiger partial charge in [-0.15, -0.1) is 0 Å². The molecule has 1 aromatic rings. The number of nitrogens with one attached hydrogen (secondary N) is 1. The Bertz CT molecular complexity index is 497. The van der Waals surface area contributed by atoms with E-state index in [9.17, 15) is 5.11 Å².